The lowest BCUT2D eigenvalue weighted by Gasteiger charge is -2.47. The molecule has 6 nitrogen and oxygen atoms in total. The first kappa shape index (κ1) is 17.5. The fourth-order valence-electron chi connectivity index (χ4n) is 5.12. The minimum absolute atomic E-state index is 0.347. The molecule has 0 bridgehead atoms. The molecular formula is C18H28BN6-. The summed E-state index contributed by atoms with van der Waals surface area (Å²) in [5.74, 6) is 0.347. The van der Waals surface area contributed by atoms with Crippen molar-refractivity contribution >= 4 is 22.5 Å². The van der Waals surface area contributed by atoms with Crippen LogP contribution in [0.5, 0.6) is 0 Å². The fourth-order valence-corrected chi connectivity index (χ4v) is 5.12. The van der Waals surface area contributed by atoms with Gasteiger partial charge in [0.2, 0.25) is 0 Å². The van der Waals surface area contributed by atoms with Gasteiger partial charge in [-0.05, 0) is 58.6 Å². The van der Waals surface area contributed by atoms with E-state index in [1.165, 1.54) is 16.4 Å². The predicted octanol–water partition coefficient (Wildman–Crippen LogP) is 1.59. The Hall–Kier alpha value is -2.31. The summed E-state index contributed by atoms with van der Waals surface area (Å²) >= 11 is 0. The van der Waals surface area contributed by atoms with Crippen molar-refractivity contribution in [2.75, 3.05) is 0 Å². The van der Waals surface area contributed by atoms with Gasteiger partial charge in [-0.25, -0.2) is 0 Å². The number of nitrogens with zero attached hydrogens (tertiary/aromatic N) is 3. The van der Waals surface area contributed by atoms with E-state index in [9.17, 15) is 0 Å². The third kappa shape index (κ3) is 2.28. The molecule has 0 aromatic carbocycles. The lowest BCUT2D eigenvalue weighted by Crippen LogP contribution is -2.71. The van der Waals surface area contributed by atoms with Crippen molar-refractivity contribution in [3.8, 4) is 0 Å². The summed E-state index contributed by atoms with van der Waals surface area (Å²) in [6.45, 7) is 17.2. The number of rotatable bonds is 4. The van der Waals surface area contributed by atoms with E-state index in [0.717, 1.165) is 34.2 Å². The van der Waals surface area contributed by atoms with E-state index in [1.807, 2.05) is 0 Å². The van der Waals surface area contributed by atoms with Crippen LogP contribution in [0.4, 0.5) is 0 Å². The maximum absolute atomic E-state index is 4.53. The molecule has 0 saturated carbocycles. The molecule has 7 heteroatoms. The minimum Gasteiger partial charge on any atom is -0.286 e. The van der Waals surface area contributed by atoms with Gasteiger partial charge in [-0.15, -0.1) is 0 Å². The predicted molar refractivity (Wildman–Crippen MR) is 104 cm³/mol. The van der Waals surface area contributed by atoms with Crippen molar-refractivity contribution < 1.29 is 0 Å². The Kier molecular flexibility index (Phi) is 4.13. The molecule has 3 N–H and O–H groups in total. The van der Waals surface area contributed by atoms with Gasteiger partial charge in [0.1, 0.15) is 0 Å². The van der Waals surface area contributed by atoms with Crippen LogP contribution in [0.15, 0.2) is 0 Å². The van der Waals surface area contributed by atoms with Crippen molar-refractivity contribution in [3.63, 3.8) is 0 Å². The molecule has 0 aliphatic carbocycles. The Labute approximate surface area is 149 Å². The van der Waals surface area contributed by atoms with Gasteiger partial charge in [0.15, 0.2) is 0 Å². The summed E-state index contributed by atoms with van der Waals surface area (Å²) in [5, 5.41) is 23.2. The zero-order valence-corrected chi connectivity index (χ0v) is 16.5. The molecule has 0 saturated heterocycles. The second kappa shape index (κ2) is 5.90. The van der Waals surface area contributed by atoms with E-state index >= 15 is 0 Å². The first-order chi connectivity index (χ1) is 11.7. The van der Waals surface area contributed by atoms with Crippen LogP contribution in [0, 0.1) is 41.5 Å². The average Bonchev–Trinajstić information content (AvgIpc) is 3.16. The summed E-state index contributed by atoms with van der Waals surface area (Å²) in [4.78, 5) is 0. The summed E-state index contributed by atoms with van der Waals surface area (Å²) in [6, 6.07) is 0. The molecule has 3 aromatic rings. The van der Waals surface area contributed by atoms with Crippen LogP contribution in [0.2, 0.25) is 5.82 Å². The molecule has 25 heavy (non-hydrogen) atoms. The van der Waals surface area contributed by atoms with Gasteiger partial charge in [-0.1, -0.05) is 13.8 Å². The van der Waals surface area contributed by atoms with Gasteiger partial charge in [0, 0.05) is 17.1 Å². The van der Waals surface area contributed by atoms with Crippen molar-refractivity contribution in [1.82, 2.24) is 30.6 Å². The molecule has 0 radical (unpaired) electrons. The van der Waals surface area contributed by atoms with Gasteiger partial charge in [0.25, 0.3) is 0 Å². The Morgan fingerprint density at radius 3 is 1.04 bits per heavy atom. The summed E-state index contributed by atoms with van der Waals surface area (Å²) in [6.07, 6.45) is -1.28. The summed E-state index contributed by atoms with van der Waals surface area (Å²) < 4.78 is 0. The Balaban J connectivity index is 2.56. The van der Waals surface area contributed by atoms with E-state index in [4.69, 9.17) is 0 Å². The topological polar surface area (TPSA) is 86.0 Å². The van der Waals surface area contributed by atoms with E-state index in [0.29, 0.717) is 5.82 Å². The molecule has 0 atom stereocenters. The smallest absolute Gasteiger partial charge is 0.0972 e. The zero-order chi connectivity index (χ0) is 18.5. The molecule has 0 spiro atoms. The van der Waals surface area contributed by atoms with Gasteiger partial charge in [-0.2, -0.15) is 37.5 Å². The first-order valence-corrected chi connectivity index (χ1v) is 8.95. The monoisotopic (exact) mass is 339 g/mol. The number of aromatic nitrogens is 6. The molecule has 3 aromatic heterocycles. The van der Waals surface area contributed by atoms with Crippen LogP contribution in [-0.2, 0) is 0 Å². The number of aryl methyl sites for hydroxylation is 6. The van der Waals surface area contributed by atoms with E-state index in [1.54, 1.807) is 0 Å². The Morgan fingerprint density at radius 1 is 0.600 bits per heavy atom. The number of H-pyrrole nitrogens is 3. The van der Waals surface area contributed by atoms with Crippen LogP contribution in [0.25, 0.3) is 0 Å². The number of hydrogen-bond donors (Lipinski definition) is 3. The third-order valence-electron chi connectivity index (χ3n) is 5.92. The highest BCUT2D eigenvalue weighted by Crippen LogP contribution is 2.27. The largest absolute Gasteiger partial charge is 0.286 e. The number of aromatic amines is 3. The average molecular weight is 339 g/mol. The quantitative estimate of drug-likeness (QED) is 0.631. The summed E-state index contributed by atoms with van der Waals surface area (Å²) in [7, 11) is 0. The van der Waals surface area contributed by atoms with Crippen LogP contribution in [-0.4, -0.2) is 36.7 Å². The van der Waals surface area contributed by atoms with Crippen molar-refractivity contribution in [2.24, 2.45) is 0 Å². The van der Waals surface area contributed by atoms with E-state index < -0.39 is 6.15 Å². The molecular weight excluding hydrogens is 311 g/mol. The second-order valence-corrected chi connectivity index (χ2v) is 7.72. The standard InChI is InChI=1S/C18H28BN6/c1-9(2)19(16-10(3)20-21-11(16)4,17-12(5)22-23-13(17)6)18-14(7)24-25-15(18)8/h9H,1-8H3,(H,20,21)(H,22,23)(H,24,25)/q-1. The molecule has 3 rings (SSSR count). The summed E-state index contributed by atoms with van der Waals surface area (Å²) in [5.41, 5.74) is 10.4. The third-order valence-corrected chi connectivity index (χ3v) is 5.92. The maximum Gasteiger partial charge on any atom is 0.0972 e. The highest BCUT2D eigenvalue weighted by molar-refractivity contribution is 7.13. The highest BCUT2D eigenvalue weighted by Gasteiger charge is 2.41. The van der Waals surface area contributed by atoms with Crippen LogP contribution in [0.1, 0.15) is 48.0 Å². The van der Waals surface area contributed by atoms with Gasteiger partial charge in [0.05, 0.1) is 6.15 Å². The molecule has 0 aliphatic heterocycles. The maximum atomic E-state index is 4.53. The van der Waals surface area contributed by atoms with Crippen molar-refractivity contribution in [2.45, 2.75) is 61.2 Å². The normalized spacial score (nSPS) is 12.4. The second-order valence-electron chi connectivity index (χ2n) is 7.72. The fraction of sp³-hybridized carbons (Fsp3) is 0.500. The molecule has 0 unspecified atom stereocenters. The molecule has 0 amide bonds. The number of hydrogen-bond acceptors (Lipinski definition) is 3. The lowest BCUT2D eigenvalue weighted by molar-refractivity contribution is 1.02. The number of nitrogens with one attached hydrogen (secondary N) is 3. The Morgan fingerprint density at radius 2 is 0.880 bits per heavy atom. The Bertz CT molecular complexity index is 743. The van der Waals surface area contributed by atoms with Crippen molar-refractivity contribution in [1.29, 1.82) is 0 Å². The van der Waals surface area contributed by atoms with Gasteiger partial charge >= 0.3 is 0 Å². The SMILES string of the molecule is Cc1n[nH]c(C)c1[B-](c1c(C)n[nH]c1C)(c1c(C)n[nH]c1C)C(C)C. The van der Waals surface area contributed by atoms with E-state index in [-0.39, 0.29) is 0 Å². The van der Waals surface area contributed by atoms with Gasteiger partial charge in [-0.3, -0.25) is 15.3 Å². The van der Waals surface area contributed by atoms with Crippen LogP contribution >= 0.6 is 0 Å². The lowest BCUT2D eigenvalue weighted by atomic mass is 9.10. The first-order valence-electron chi connectivity index (χ1n) is 8.95. The molecule has 3 heterocycles. The highest BCUT2D eigenvalue weighted by atomic mass is 15.1. The van der Waals surface area contributed by atoms with Crippen LogP contribution < -0.4 is 16.4 Å². The molecule has 134 valence electrons. The zero-order valence-electron chi connectivity index (χ0n) is 16.5. The molecule has 0 aliphatic rings. The van der Waals surface area contributed by atoms with Crippen LogP contribution in [0.3, 0.4) is 0 Å². The van der Waals surface area contributed by atoms with E-state index in [2.05, 4.69) is 86.0 Å². The minimum atomic E-state index is -1.28. The van der Waals surface area contributed by atoms with Crippen molar-refractivity contribution in [3.05, 3.63) is 34.2 Å². The van der Waals surface area contributed by atoms with Gasteiger partial charge < -0.3 is 0 Å². The molecule has 0 fully saturated rings.